The van der Waals surface area contributed by atoms with Crippen LogP contribution in [0.25, 0.3) is 21.2 Å². The van der Waals surface area contributed by atoms with Crippen molar-refractivity contribution in [3.8, 4) is 16.9 Å². The molecule has 4 aromatic rings. The largest absolute Gasteiger partial charge is 0.496 e. The molecule has 10 heteroatoms. The van der Waals surface area contributed by atoms with Gasteiger partial charge in [0, 0.05) is 29.1 Å². The molecule has 0 radical (unpaired) electrons. The van der Waals surface area contributed by atoms with Crippen LogP contribution in [0.2, 0.25) is 5.02 Å². The molecule has 0 atom stereocenters. The number of carbonyl (C=O) groups excluding carboxylic acids is 1. The van der Waals surface area contributed by atoms with Crippen molar-refractivity contribution in [1.82, 2.24) is 10.2 Å². The number of halogens is 4. The highest BCUT2D eigenvalue weighted by Gasteiger charge is 2.33. The van der Waals surface area contributed by atoms with Gasteiger partial charge in [-0.25, -0.2) is 8.78 Å². The minimum atomic E-state index is -0.639. The molecule has 1 N–H and O–H groups in total. The van der Waals surface area contributed by atoms with Crippen LogP contribution in [0.5, 0.6) is 5.75 Å². The molecule has 3 aromatic carbocycles. The molecule has 1 aliphatic carbocycles. The molecule has 5 rings (SSSR count). The van der Waals surface area contributed by atoms with E-state index in [0.29, 0.717) is 11.8 Å². The van der Waals surface area contributed by atoms with Crippen molar-refractivity contribution >= 4 is 63.1 Å². The Morgan fingerprint density at radius 3 is 2.44 bits per heavy atom. The molecule has 0 bridgehead atoms. The second kappa shape index (κ2) is 13.7. The highest BCUT2D eigenvalue weighted by atomic mass is 35.5. The number of amides is 1. The van der Waals surface area contributed by atoms with Crippen LogP contribution in [-0.2, 0) is 6.54 Å². The molecule has 0 spiro atoms. The Morgan fingerprint density at radius 1 is 1.07 bits per heavy atom. The summed E-state index contributed by atoms with van der Waals surface area (Å²) in [6.45, 7) is 0.280. The first-order chi connectivity index (χ1) is 19.3. The van der Waals surface area contributed by atoms with E-state index in [0.717, 1.165) is 70.7 Å². The molecule has 1 amide bonds. The number of thioether (sulfide) groups is 1. The molecule has 1 aliphatic rings. The third-order valence-electron chi connectivity index (χ3n) is 7.71. The Morgan fingerprint density at radius 2 is 1.78 bits per heavy atom. The Balaban J connectivity index is 0.00000387. The summed E-state index contributed by atoms with van der Waals surface area (Å²) in [7, 11) is 3.57. The fourth-order valence-electron chi connectivity index (χ4n) is 5.48. The van der Waals surface area contributed by atoms with E-state index in [1.807, 2.05) is 36.4 Å². The monoisotopic (exact) mass is 636 g/mol. The van der Waals surface area contributed by atoms with Gasteiger partial charge in [-0.05, 0) is 86.5 Å². The average Bonchev–Trinajstić information content (AvgIpc) is 3.35. The number of ether oxygens (including phenoxy) is 1. The first-order valence-corrected chi connectivity index (χ1v) is 15.6. The lowest BCUT2D eigenvalue weighted by molar-refractivity contribution is 0.0604. The average molecular weight is 638 g/mol. The van der Waals surface area contributed by atoms with Gasteiger partial charge in [-0.3, -0.25) is 4.79 Å². The number of thiophene rings is 1. The van der Waals surface area contributed by atoms with E-state index < -0.39 is 11.6 Å². The molecule has 218 valence electrons. The predicted molar refractivity (Wildman–Crippen MR) is 169 cm³/mol. The van der Waals surface area contributed by atoms with Gasteiger partial charge in [-0.1, -0.05) is 29.8 Å². The summed E-state index contributed by atoms with van der Waals surface area (Å²) in [4.78, 5) is 17.3. The summed E-state index contributed by atoms with van der Waals surface area (Å²) in [5.41, 5.74) is 2.94. The van der Waals surface area contributed by atoms with Crippen molar-refractivity contribution < 1.29 is 18.3 Å². The van der Waals surface area contributed by atoms with Gasteiger partial charge in [0.05, 0.1) is 22.2 Å². The molecule has 41 heavy (non-hydrogen) atoms. The van der Waals surface area contributed by atoms with E-state index >= 15 is 0 Å². The molecule has 1 aromatic heterocycles. The maximum Gasteiger partial charge on any atom is 0.266 e. The number of fused-ring (bicyclic) bond motifs is 1. The van der Waals surface area contributed by atoms with Crippen molar-refractivity contribution in [3.05, 3.63) is 81.7 Å². The summed E-state index contributed by atoms with van der Waals surface area (Å²) >= 11 is 9.16. The summed E-state index contributed by atoms with van der Waals surface area (Å²) < 4.78 is 35.0. The quantitative estimate of drug-likeness (QED) is 0.196. The zero-order chi connectivity index (χ0) is 28.4. The maximum atomic E-state index is 14.7. The number of carbonyl (C=O) groups is 1. The predicted octanol–water partition coefficient (Wildman–Crippen LogP) is 8.83. The molecule has 0 saturated heterocycles. The van der Waals surface area contributed by atoms with Crippen LogP contribution >= 0.6 is 47.1 Å². The van der Waals surface area contributed by atoms with Gasteiger partial charge in [0.2, 0.25) is 0 Å². The van der Waals surface area contributed by atoms with E-state index in [1.54, 1.807) is 18.9 Å². The minimum absolute atomic E-state index is 0. The van der Waals surface area contributed by atoms with Gasteiger partial charge in [-0.2, -0.15) is 0 Å². The van der Waals surface area contributed by atoms with Gasteiger partial charge in [0.25, 0.3) is 5.91 Å². The minimum Gasteiger partial charge on any atom is -0.496 e. The van der Waals surface area contributed by atoms with E-state index in [1.165, 1.54) is 0 Å². The third kappa shape index (κ3) is 6.52. The number of methoxy groups -OCH3 is 1. The van der Waals surface area contributed by atoms with Crippen LogP contribution in [0.15, 0.2) is 59.5 Å². The Hall–Kier alpha value is -2.36. The van der Waals surface area contributed by atoms with Crippen molar-refractivity contribution in [2.75, 3.05) is 20.4 Å². The van der Waals surface area contributed by atoms with Crippen molar-refractivity contribution in [1.29, 1.82) is 0 Å². The fraction of sp³-hybridized carbons (Fsp3) is 0.323. The van der Waals surface area contributed by atoms with Gasteiger partial charge in [0.1, 0.15) is 22.3 Å². The number of nitrogens with one attached hydrogen (secondary N) is 1. The van der Waals surface area contributed by atoms with Crippen LogP contribution in [0.1, 0.15) is 40.9 Å². The van der Waals surface area contributed by atoms with Crippen LogP contribution in [0, 0.1) is 11.6 Å². The van der Waals surface area contributed by atoms with E-state index in [9.17, 15) is 13.6 Å². The Bertz CT molecular complexity index is 1540. The lowest BCUT2D eigenvalue weighted by Crippen LogP contribution is -2.44. The van der Waals surface area contributed by atoms with Crippen LogP contribution < -0.4 is 10.1 Å². The zero-order valence-electron chi connectivity index (χ0n) is 23.0. The summed E-state index contributed by atoms with van der Waals surface area (Å²) in [6.07, 6.45) is 5.50. The smallest absolute Gasteiger partial charge is 0.266 e. The second-order valence-corrected chi connectivity index (χ2v) is 12.2. The number of hydrogen-bond donors (Lipinski definition) is 1. The standard InChI is InChI=1S/C31H31ClF2N2O2S2.ClH/c1-35-21-8-10-22(11-9-21)36(31(37)30-28(32)27-24(33)12-13-25(34)29(27)40-30)17-20-15-19(7-14-26(20)38-2)18-5-4-6-23(16-18)39-3;/h4-7,12-16,21-22,35H,8-11,17H2,1-3H3;1H. The lowest BCUT2D eigenvalue weighted by Gasteiger charge is -2.37. The van der Waals surface area contributed by atoms with Gasteiger partial charge in [-0.15, -0.1) is 35.5 Å². The molecule has 1 fully saturated rings. The molecule has 0 unspecified atom stereocenters. The van der Waals surface area contributed by atoms with Gasteiger partial charge in [0.15, 0.2) is 0 Å². The summed E-state index contributed by atoms with van der Waals surface area (Å²) in [5.74, 6) is -0.884. The number of rotatable bonds is 8. The molecule has 0 aliphatic heterocycles. The highest BCUT2D eigenvalue weighted by molar-refractivity contribution is 7.98. The Labute approximate surface area is 258 Å². The SMILES string of the molecule is CNC1CCC(N(Cc2cc(-c3cccc(SC)c3)ccc2OC)C(=O)c2sc3c(F)ccc(F)c3c2Cl)CC1.Cl. The van der Waals surface area contributed by atoms with Crippen molar-refractivity contribution in [3.63, 3.8) is 0 Å². The molecule has 1 saturated carbocycles. The van der Waals surface area contributed by atoms with Crippen molar-refractivity contribution in [2.45, 2.75) is 49.2 Å². The fourth-order valence-corrected chi connectivity index (χ4v) is 7.44. The number of hydrogen-bond acceptors (Lipinski definition) is 5. The normalized spacial score (nSPS) is 16.8. The van der Waals surface area contributed by atoms with Crippen molar-refractivity contribution in [2.24, 2.45) is 0 Å². The van der Waals surface area contributed by atoms with Gasteiger partial charge >= 0.3 is 0 Å². The molecular weight excluding hydrogens is 605 g/mol. The third-order valence-corrected chi connectivity index (χ3v) is 10.1. The van der Waals surface area contributed by atoms with Crippen LogP contribution in [0.3, 0.4) is 0 Å². The number of nitrogens with zero attached hydrogens (tertiary/aromatic N) is 1. The van der Waals surface area contributed by atoms with Crippen LogP contribution in [-0.4, -0.2) is 43.3 Å². The summed E-state index contributed by atoms with van der Waals surface area (Å²) in [5, 5.41) is 3.26. The first-order valence-electron chi connectivity index (χ1n) is 13.2. The first kappa shape index (κ1) is 31.6. The maximum absolute atomic E-state index is 14.7. The summed E-state index contributed by atoms with van der Waals surface area (Å²) in [6, 6.07) is 16.8. The van der Waals surface area contributed by atoms with E-state index in [2.05, 4.69) is 29.6 Å². The highest BCUT2D eigenvalue weighted by Crippen LogP contribution is 2.40. The van der Waals surface area contributed by atoms with E-state index in [4.69, 9.17) is 16.3 Å². The van der Waals surface area contributed by atoms with Crippen LogP contribution in [0.4, 0.5) is 8.78 Å². The van der Waals surface area contributed by atoms with Gasteiger partial charge < -0.3 is 15.0 Å². The molecule has 4 nitrogen and oxygen atoms in total. The lowest BCUT2D eigenvalue weighted by atomic mass is 9.89. The second-order valence-electron chi connectivity index (χ2n) is 9.96. The molecular formula is C31H32Cl2F2N2O2S2. The molecule has 1 heterocycles. The number of benzene rings is 3. The van der Waals surface area contributed by atoms with E-state index in [-0.39, 0.29) is 50.9 Å². The topological polar surface area (TPSA) is 41.6 Å². The zero-order valence-corrected chi connectivity index (χ0v) is 26.2. The Kier molecular flexibility index (Phi) is 10.6.